The molecule has 35 heavy (non-hydrogen) atoms. The van der Waals surface area contributed by atoms with Crippen LogP contribution in [-0.4, -0.2) is 16.1 Å². The maximum absolute atomic E-state index is 13.3. The van der Waals surface area contributed by atoms with Crippen molar-refractivity contribution < 1.29 is 27.5 Å². The van der Waals surface area contributed by atoms with E-state index in [1.807, 2.05) is 6.07 Å². The number of alkyl halides is 3. The molecule has 2 heterocycles. The van der Waals surface area contributed by atoms with E-state index in [1.165, 1.54) is 12.1 Å². The summed E-state index contributed by atoms with van der Waals surface area (Å²) in [6.45, 7) is 0. The molecule has 1 aliphatic carbocycles. The topological polar surface area (TPSA) is 63.3 Å². The van der Waals surface area contributed by atoms with Crippen molar-refractivity contribution in [2.75, 3.05) is 0 Å². The van der Waals surface area contributed by atoms with E-state index in [-0.39, 0.29) is 21.9 Å². The molecule has 0 aliphatic heterocycles. The van der Waals surface area contributed by atoms with Gasteiger partial charge in [0.05, 0.1) is 27.4 Å². The van der Waals surface area contributed by atoms with Crippen LogP contribution in [-0.2, 0) is 12.6 Å². The first-order valence-corrected chi connectivity index (χ1v) is 11.4. The van der Waals surface area contributed by atoms with Crippen LogP contribution in [0.4, 0.5) is 13.2 Å². The van der Waals surface area contributed by atoms with Gasteiger partial charge >= 0.3 is 12.1 Å². The van der Waals surface area contributed by atoms with Gasteiger partial charge in [-0.15, -0.1) is 0 Å². The molecule has 0 amide bonds. The van der Waals surface area contributed by atoms with Gasteiger partial charge in [0.15, 0.2) is 0 Å². The molecule has 0 atom stereocenters. The number of rotatable bonds is 3. The number of pyridine rings is 1. The first-order chi connectivity index (χ1) is 16.7. The third-order valence-corrected chi connectivity index (χ3v) is 6.46. The lowest BCUT2D eigenvalue weighted by molar-refractivity contribution is -0.137. The summed E-state index contributed by atoms with van der Waals surface area (Å²) in [4.78, 5) is 17.0. The molecule has 8 heteroatoms. The number of furan rings is 1. The molecular weight excluding hydrogens is 479 g/mol. The van der Waals surface area contributed by atoms with Gasteiger partial charge in [0.1, 0.15) is 11.5 Å². The summed E-state index contributed by atoms with van der Waals surface area (Å²) >= 11 is 5.73. The Kier molecular flexibility index (Phi) is 5.89. The zero-order valence-electron chi connectivity index (χ0n) is 18.3. The number of hydrogen-bond acceptors (Lipinski definition) is 3. The Labute approximate surface area is 203 Å². The molecule has 4 nitrogen and oxygen atoms in total. The Morgan fingerprint density at radius 1 is 1.06 bits per heavy atom. The molecule has 0 unspecified atom stereocenters. The van der Waals surface area contributed by atoms with E-state index >= 15 is 0 Å². The number of nitrogens with zero attached hydrogens (tertiary/aromatic N) is 1. The van der Waals surface area contributed by atoms with Crippen molar-refractivity contribution in [3.8, 4) is 11.3 Å². The zero-order valence-corrected chi connectivity index (χ0v) is 19.1. The maximum Gasteiger partial charge on any atom is 0.417 e. The minimum absolute atomic E-state index is 0.255. The van der Waals surface area contributed by atoms with E-state index < -0.39 is 17.7 Å². The average molecular weight is 498 g/mol. The second kappa shape index (κ2) is 8.89. The normalized spacial score (nSPS) is 15.3. The minimum Gasteiger partial charge on any atom is -0.478 e. The van der Waals surface area contributed by atoms with Crippen molar-refractivity contribution in [3.63, 3.8) is 0 Å². The number of aromatic carboxylic acids is 1. The van der Waals surface area contributed by atoms with E-state index in [2.05, 4.69) is 0 Å². The monoisotopic (exact) mass is 497 g/mol. The SMILES string of the molecule is O=C(O)c1c2c(nc3ccccc13)/C(=C/c1ccc(-c3ccc(Cl)c(C(F)(F)F)c3)o1)CCCC2. The molecule has 0 saturated heterocycles. The molecule has 0 radical (unpaired) electrons. The predicted octanol–water partition coefficient (Wildman–Crippen LogP) is 8.13. The average Bonchev–Trinajstić information content (AvgIpc) is 3.19. The fraction of sp³-hybridized carbons (Fsp3) is 0.185. The van der Waals surface area contributed by atoms with Crippen molar-refractivity contribution in [1.82, 2.24) is 4.98 Å². The third-order valence-electron chi connectivity index (χ3n) is 6.13. The van der Waals surface area contributed by atoms with Gasteiger partial charge in [-0.05, 0) is 79.3 Å². The van der Waals surface area contributed by atoms with E-state index in [0.29, 0.717) is 40.8 Å². The minimum atomic E-state index is -4.58. The van der Waals surface area contributed by atoms with Crippen LogP contribution in [0.5, 0.6) is 0 Å². The second-order valence-electron chi connectivity index (χ2n) is 8.41. The fourth-order valence-corrected chi connectivity index (χ4v) is 4.76. The Balaban J connectivity index is 1.59. The van der Waals surface area contributed by atoms with Gasteiger partial charge < -0.3 is 9.52 Å². The Morgan fingerprint density at radius 2 is 1.83 bits per heavy atom. The van der Waals surface area contributed by atoms with Gasteiger partial charge in [0.2, 0.25) is 0 Å². The molecular formula is C27H19ClF3NO3. The van der Waals surface area contributed by atoms with Gasteiger partial charge in [-0.25, -0.2) is 9.78 Å². The second-order valence-corrected chi connectivity index (χ2v) is 8.81. The number of halogens is 4. The van der Waals surface area contributed by atoms with Crippen LogP contribution in [0.15, 0.2) is 59.0 Å². The summed E-state index contributed by atoms with van der Waals surface area (Å²) in [6.07, 6.45) is 0.149. The highest BCUT2D eigenvalue weighted by atomic mass is 35.5. The first kappa shape index (κ1) is 23.2. The quantitative estimate of drug-likeness (QED) is 0.290. The highest BCUT2D eigenvalue weighted by Crippen LogP contribution is 2.39. The van der Waals surface area contributed by atoms with E-state index in [4.69, 9.17) is 21.0 Å². The molecule has 0 bridgehead atoms. The summed E-state index contributed by atoms with van der Waals surface area (Å²) in [5, 5.41) is 10.2. The molecule has 1 aliphatic rings. The summed E-state index contributed by atoms with van der Waals surface area (Å²) in [6, 6.07) is 14.1. The van der Waals surface area contributed by atoms with Crippen LogP contribution < -0.4 is 0 Å². The number of aromatic nitrogens is 1. The maximum atomic E-state index is 13.3. The molecule has 5 rings (SSSR count). The third kappa shape index (κ3) is 4.44. The van der Waals surface area contributed by atoms with E-state index in [1.54, 1.807) is 36.4 Å². The molecule has 4 aromatic rings. The standard InChI is InChI=1S/C27H19ClF3NO3/c28-21-11-9-15(14-20(21)27(29,30)31)23-12-10-17(35-23)13-16-5-1-2-7-19-24(26(33)34)18-6-3-4-8-22(18)32-25(16)19/h3-4,6,8-14H,1-2,5,7H2,(H,33,34)/b16-13+. The predicted molar refractivity (Wildman–Crippen MR) is 128 cm³/mol. The summed E-state index contributed by atoms with van der Waals surface area (Å²) in [7, 11) is 0. The van der Waals surface area contributed by atoms with Gasteiger partial charge in [0.25, 0.3) is 0 Å². The molecule has 0 saturated carbocycles. The molecule has 2 aromatic carbocycles. The lowest BCUT2D eigenvalue weighted by Gasteiger charge is -2.14. The van der Waals surface area contributed by atoms with Crippen LogP contribution in [0.1, 0.15) is 52.2 Å². The molecule has 2 aromatic heterocycles. The lowest BCUT2D eigenvalue weighted by atomic mass is 9.95. The highest BCUT2D eigenvalue weighted by molar-refractivity contribution is 6.31. The number of para-hydroxylation sites is 1. The number of hydrogen-bond donors (Lipinski definition) is 1. The fourth-order valence-electron chi connectivity index (χ4n) is 4.53. The number of benzene rings is 2. The van der Waals surface area contributed by atoms with Crippen molar-refractivity contribution in [3.05, 3.63) is 87.8 Å². The van der Waals surface area contributed by atoms with Gasteiger partial charge in [-0.2, -0.15) is 13.2 Å². The molecule has 178 valence electrons. The number of carboxylic acid groups (broad SMARTS) is 1. The smallest absolute Gasteiger partial charge is 0.417 e. The van der Waals surface area contributed by atoms with Gasteiger partial charge in [-0.1, -0.05) is 29.8 Å². The summed E-state index contributed by atoms with van der Waals surface area (Å²) in [5.74, 6) is -0.284. The van der Waals surface area contributed by atoms with Crippen LogP contribution in [0, 0.1) is 0 Å². The van der Waals surface area contributed by atoms with Crippen molar-refractivity contribution in [1.29, 1.82) is 0 Å². The largest absolute Gasteiger partial charge is 0.478 e. The zero-order chi connectivity index (χ0) is 24.7. The van der Waals surface area contributed by atoms with Crippen molar-refractivity contribution >= 4 is 40.1 Å². The first-order valence-electron chi connectivity index (χ1n) is 11.0. The van der Waals surface area contributed by atoms with Gasteiger partial charge in [-0.3, -0.25) is 0 Å². The number of allylic oxidation sites excluding steroid dienone is 1. The van der Waals surface area contributed by atoms with Crippen LogP contribution in [0.3, 0.4) is 0 Å². The Bertz CT molecular complexity index is 1490. The number of fused-ring (bicyclic) bond motifs is 2. The van der Waals surface area contributed by atoms with Crippen LogP contribution >= 0.6 is 11.6 Å². The molecule has 1 N–H and O–H groups in total. The summed E-state index contributed by atoms with van der Waals surface area (Å²) < 4.78 is 45.7. The van der Waals surface area contributed by atoms with E-state index in [9.17, 15) is 23.1 Å². The summed E-state index contributed by atoms with van der Waals surface area (Å²) in [5.41, 5.74) is 2.34. The lowest BCUT2D eigenvalue weighted by Crippen LogP contribution is -2.08. The van der Waals surface area contributed by atoms with Gasteiger partial charge in [0, 0.05) is 10.9 Å². The molecule has 0 fully saturated rings. The van der Waals surface area contributed by atoms with Crippen LogP contribution in [0.25, 0.3) is 33.9 Å². The Morgan fingerprint density at radius 3 is 2.60 bits per heavy atom. The van der Waals surface area contributed by atoms with Crippen molar-refractivity contribution in [2.45, 2.75) is 31.9 Å². The highest BCUT2D eigenvalue weighted by Gasteiger charge is 2.33. The number of carboxylic acids is 1. The van der Waals surface area contributed by atoms with E-state index in [0.717, 1.165) is 24.5 Å². The Hall–Kier alpha value is -3.58. The molecule has 0 spiro atoms. The van der Waals surface area contributed by atoms with Crippen molar-refractivity contribution in [2.24, 2.45) is 0 Å². The van der Waals surface area contributed by atoms with Crippen LogP contribution in [0.2, 0.25) is 5.02 Å². The number of carbonyl (C=O) groups is 1.